The van der Waals surface area contributed by atoms with Crippen LogP contribution in [0, 0.1) is 12.3 Å². The fraction of sp³-hybridized carbons (Fsp3) is 0.609. The monoisotopic (exact) mass is 729 g/mol. The van der Waals surface area contributed by atoms with E-state index in [9.17, 15) is 0 Å². The topological polar surface area (TPSA) is 37.2 Å². The number of allylic oxidation sites excluding steroid dienone is 10. The number of ether oxygens (including phenoxy) is 1. The maximum Gasteiger partial charge on any atom is 0.0781 e. The molecule has 0 radical (unpaired) electrons. The number of thiol groups is 1. The van der Waals surface area contributed by atoms with Crippen LogP contribution in [0.4, 0.5) is 0 Å². The highest BCUT2D eigenvalue weighted by Crippen LogP contribution is 2.04. The van der Waals surface area contributed by atoms with Crippen molar-refractivity contribution >= 4 is 24.4 Å². The second-order valence-corrected chi connectivity index (χ2v) is 7.18. The molecule has 0 amide bonds. The van der Waals surface area contributed by atoms with Gasteiger partial charge in [-0.25, -0.2) is 9.98 Å². The maximum absolute atomic E-state index is 4.71. The van der Waals surface area contributed by atoms with Crippen LogP contribution in [0.25, 0.3) is 0 Å². The van der Waals surface area contributed by atoms with E-state index in [-0.39, 0.29) is 7.43 Å². The van der Waals surface area contributed by atoms with Crippen molar-refractivity contribution in [1.29, 1.82) is 0 Å². The molecule has 1 saturated heterocycles. The highest BCUT2D eigenvalue weighted by molar-refractivity contribution is 7.79. The van der Waals surface area contributed by atoms with Crippen LogP contribution in [0.1, 0.15) is 160 Å². The molecule has 0 aromatic heterocycles. The molecule has 1 unspecified atom stereocenters. The highest BCUT2D eigenvalue weighted by Gasteiger charge is 2.13. The summed E-state index contributed by atoms with van der Waals surface area (Å²) in [5.41, 5.74) is 2.55. The van der Waals surface area contributed by atoms with Gasteiger partial charge in [-0.05, 0) is 128 Å². The Morgan fingerprint density at radius 3 is 0.760 bits per heavy atom. The maximum atomic E-state index is 4.71. The minimum atomic E-state index is 0. The molecule has 50 heavy (non-hydrogen) atoms. The largest absolute Gasteiger partial charge is 0.373 e. The first-order valence-electron chi connectivity index (χ1n) is 17.5. The lowest BCUT2D eigenvalue weighted by atomic mass is 10.3. The van der Waals surface area contributed by atoms with Gasteiger partial charge in [0.2, 0.25) is 0 Å². The van der Waals surface area contributed by atoms with Crippen LogP contribution in [-0.4, -0.2) is 44.8 Å². The molecule has 1 rings (SSSR count). The number of rotatable bonds is 0. The highest BCUT2D eigenvalue weighted by atomic mass is 32.1. The Morgan fingerprint density at radius 1 is 0.680 bits per heavy atom. The molecule has 0 aromatic rings. The Kier molecular flexibility index (Phi) is 408. The van der Waals surface area contributed by atoms with E-state index < -0.39 is 0 Å². The van der Waals surface area contributed by atoms with Crippen LogP contribution in [-0.2, 0) is 4.74 Å². The van der Waals surface area contributed by atoms with E-state index >= 15 is 0 Å². The molecule has 1 heterocycles. The summed E-state index contributed by atoms with van der Waals surface area (Å²) in [4.78, 5) is 6.75. The van der Waals surface area contributed by atoms with E-state index in [2.05, 4.69) is 99.9 Å². The van der Waals surface area contributed by atoms with E-state index in [1.54, 1.807) is 33.4 Å². The molecule has 0 saturated carbocycles. The first-order valence-corrected chi connectivity index (χ1v) is 18.4. The van der Waals surface area contributed by atoms with Crippen molar-refractivity contribution in [1.82, 2.24) is 0 Å². The number of terminal acetylenes is 1. The van der Waals surface area contributed by atoms with Crippen molar-refractivity contribution in [3.05, 3.63) is 86.1 Å². The zero-order valence-corrected chi connectivity index (χ0v) is 39.5. The number of hydrogen-bond acceptors (Lipinski definition) is 4. The van der Waals surface area contributed by atoms with Crippen LogP contribution in [0.15, 0.2) is 96.1 Å². The van der Waals surface area contributed by atoms with Crippen LogP contribution < -0.4 is 0 Å². The second kappa shape index (κ2) is 210. The van der Waals surface area contributed by atoms with E-state index in [4.69, 9.17) is 4.74 Å². The first kappa shape index (κ1) is 97.2. The lowest BCUT2D eigenvalue weighted by molar-refractivity contribution is 0.423. The van der Waals surface area contributed by atoms with Crippen molar-refractivity contribution < 1.29 is 4.74 Å². The Balaban J connectivity index is -0.0000000204. The molecule has 306 valence electrons. The molecule has 0 aliphatic carbocycles. The number of hydrogen-bond donors (Lipinski definition) is 1. The summed E-state index contributed by atoms with van der Waals surface area (Å²) in [6.45, 7) is 58.0. The van der Waals surface area contributed by atoms with Gasteiger partial charge in [-0.1, -0.05) is 123 Å². The van der Waals surface area contributed by atoms with Crippen LogP contribution >= 0.6 is 12.6 Å². The summed E-state index contributed by atoms with van der Waals surface area (Å²) in [7, 11) is 3.26. The average Bonchev–Trinajstić information content (AvgIpc) is 3.95. The zero-order chi connectivity index (χ0) is 43.3. The number of nitrogens with zero attached hydrogens (tertiary/aromatic N) is 2. The van der Waals surface area contributed by atoms with Gasteiger partial charge in [0.25, 0.3) is 0 Å². The molecule has 4 heteroatoms. The molecule has 1 atom stereocenters. The van der Waals surface area contributed by atoms with Crippen molar-refractivity contribution in [2.24, 2.45) is 9.98 Å². The quantitative estimate of drug-likeness (QED) is 0.0871. The summed E-state index contributed by atoms with van der Waals surface area (Å²) < 4.78 is 4.71. The van der Waals surface area contributed by atoms with E-state index in [0.29, 0.717) is 6.10 Å². The lowest BCUT2D eigenvalue weighted by Crippen LogP contribution is -1.60. The molecule has 1 fully saturated rings. The van der Waals surface area contributed by atoms with Gasteiger partial charge >= 0.3 is 0 Å². The van der Waals surface area contributed by atoms with Gasteiger partial charge in [0.05, 0.1) is 12.7 Å². The molecule has 0 spiro atoms. The predicted octanol–water partition coefficient (Wildman–Crippen LogP) is 16.8. The van der Waals surface area contributed by atoms with Crippen LogP contribution in [0.3, 0.4) is 0 Å². The molecule has 1 aliphatic heterocycles. The summed E-state index contributed by atoms with van der Waals surface area (Å²) in [5.74, 6) is 6.86. The number of aliphatic imine (C=N–C) groups is 2. The summed E-state index contributed by atoms with van der Waals surface area (Å²) in [6.07, 6.45) is 22.7. The normalized spacial score (nSPS) is 8.38. The van der Waals surface area contributed by atoms with E-state index in [1.807, 2.05) is 161 Å². The minimum Gasteiger partial charge on any atom is -0.373 e. The Morgan fingerprint density at radius 2 is 0.760 bits per heavy atom. The van der Waals surface area contributed by atoms with Crippen molar-refractivity contribution in [3.63, 3.8) is 0 Å². The van der Waals surface area contributed by atoms with Gasteiger partial charge in [-0.2, -0.15) is 12.6 Å². The Hall–Kier alpha value is -2.79. The third-order valence-electron chi connectivity index (χ3n) is 2.39. The van der Waals surface area contributed by atoms with E-state index in [0.717, 1.165) is 6.61 Å². The minimum absolute atomic E-state index is 0. The fourth-order valence-electron chi connectivity index (χ4n) is 0.0962. The standard InChI is InChI=1S/C5H10.4C4H8.2C3H5N.C3H6O.C3H6.C3H4.4C2H6.CH4S.CH4/c1-4-5(2)3;1-4(2)3;5*1-3-4-2;1-3-2-4-3;2*1-3-2;5*1-2;/h4H,1-3H3;1H2,2-3H3;3*3-4H,1-2H3;2*1H2,2H3;3H,2H2,1H3;3H,1H2,2H3;1H,2H3;4*1-2H3;2H,1H3;1H4. The van der Waals surface area contributed by atoms with Crippen molar-refractivity contribution in [2.45, 2.75) is 166 Å². The Bertz CT molecular complexity index is 603. The van der Waals surface area contributed by atoms with Gasteiger partial charge in [0, 0.05) is 14.1 Å². The predicted molar refractivity (Wildman–Crippen MR) is 258 cm³/mol. The third-order valence-corrected chi connectivity index (χ3v) is 2.39. The Labute approximate surface area is 329 Å². The SMILES string of the molecule is C.C#CC.C=C(C)C.C=C=NC.C=C=NC.C=CC.CC.CC.CC.CC.CC1CO1.CC=C(C)C.CC=CC.CC=CC.CC=CC.CS. The van der Waals surface area contributed by atoms with Crippen LogP contribution in [0.5, 0.6) is 0 Å². The van der Waals surface area contributed by atoms with Crippen molar-refractivity contribution in [2.75, 3.05) is 27.0 Å². The first-order chi connectivity index (χ1) is 23.3. The summed E-state index contributed by atoms with van der Waals surface area (Å²) in [6, 6.07) is 0. The molecule has 0 aromatic carbocycles. The molecular weight excluding hydrogens is 629 g/mol. The molecule has 0 N–H and O–H groups in total. The molecule has 1 aliphatic rings. The molecular formula is C46H100N2OS. The summed E-state index contributed by atoms with van der Waals surface area (Å²) in [5, 5.41) is 0. The molecule has 0 bridgehead atoms. The molecule has 3 nitrogen and oxygen atoms in total. The van der Waals surface area contributed by atoms with E-state index in [1.165, 1.54) is 11.1 Å². The van der Waals surface area contributed by atoms with Gasteiger partial charge in [0.15, 0.2) is 0 Å². The smallest absolute Gasteiger partial charge is 0.0781 e. The van der Waals surface area contributed by atoms with Gasteiger partial charge in [-0.3, -0.25) is 0 Å². The van der Waals surface area contributed by atoms with Gasteiger partial charge < -0.3 is 4.74 Å². The second-order valence-electron chi connectivity index (χ2n) is 7.18. The number of epoxide rings is 1. The fourth-order valence-corrected chi connectivity index (χ4v) is 0.0962. The zero-order valence-electron chi connectivity index (χ0n) is 38.6. The third kappa shape index (κ3) is 1700. The van der Waals surface area contributed by atoms with Gasteiger partial charge in [-0.15, -0.1) is 25.5 Å². The van der Waals surface area contributed by atoms with Gasteiger partial charge in [0.1, 0.15) is 0 Å². The van der Waals surface area contributed by atoms with Crippen molar-refractivity contribution in [3.8, 4) is 12.3 Å². The average molecular weight is 729 g/mol. The lowest BCUT2D eigenvalue weighted by Gasteiger charge is -1.74. The summed E-state index contributed by atoms with van der Waals surface area (Å²) >= 11 is 3.53. The van der Waals surface area contributed by atoms with Crippen LogP contribution in [0.2, 0.25) is 0 Å².